The van der Waals surface area contributed by atoms with Crippen LogP contribution in [-0.2, 0) is 16.6 Å². The summed E-state index contributed by atoms with van der Waals surface area (Å²) < 4.78 is 28.5. The van der Waals surface area contributed by atoms with Gasteiger partial charge in [0.05, 0.1) is 6.61 Å². The van der Waals surface area contributed by atoms with Crippen LogP contribution in [0.3, 0.4) is 0 Å². The van der Waals surface area contributed by atoms with E-state index in [2.05, 4.69) is 4.72 Å². The molecule has 0 radical (unpaired) electrons. The van der Waals surface area contributed by atoms with E-state index in [4.69, 9.17) is 0 Å². The molecule has 0 aliphatic carbocycles. The fraction of sp³-hybridized carbons (Fsp3) is 0.571. The van der Waals surface area contributed by atoms with Crippen molar-refractivity contribution in [3.8, 4) is 0 Å². The number of benzene rings is 1. The summed E-state index contributed by atoms with van der Waals surface area (Å²) in [6.07, 6.45) is 3.23. The smallest absolute Gasteiger partial charge is 0.279 e. The highest BCUT2D eigenvalue weighted by Gasteiger charge is 2.31. The predicted molar refractivity (Wildman–Crippen MR) is 78.5 cm³/mol. The van der Waals surface area contributed by atoms with E-state index in [9.17, 15) is 13.5 Å². The Bertz CT molecular complexity index is 504. The van der Waals surface area contributed by atoms with Crippen LogP contribution in [0.25, 0.3) is 0 Å². The third-order valence-corrected chi connectivity index (χ3v) is 5.30. The van der Waals surface area contributed by atoms with Gasteiger partial charge in [0.1, 0.15) is 0 Å². The number of rotatable bonds is 6. The van der Waals surface area contributed by atoms with Gasteiger partial charge < -0.3 is 5.11 Å². The summed E-state index contributed by atoms with van der Waals surface area (Å²) in [5, 5.41) is 9.29. The quantitative estimate of drug-likeness (QED) is 0.820. The maximum Gasteiger partial charge on any atom is 0.279 e. The fourth-order valence-electron chi connectivity index (χ4n) is 2.52. The lowest BCUT2D eigenvalue weighted by molar-refractivity contribution is 0.154. The van der Waals surface area contributed by atoms with Gasteiger partial charge in [-0.15, -0.1) is 0 Å². The van der Waals surface area contributed by atoms with E-state index in [0.29, 0.717) is 19.5 Å². The van der Waals surface area contributed by atoms with Crippen molar-refractivity contribution in [2.75, 3.05) is 19.7 Å². The Kier molecular flexibility index (Phi) is 5.54. The summed E-state index contributed by atoms with van der Waals surface area (Å²) in [5.74, 6) is 0. The van der Waals surface area contributed by atoms with E-state index < -0.39 is 10.2 Å². The minimum atomic E-state index is -3.49. The molecular formula is C14H22N2O3S. The fourth-order valence-corrected chi connectivity index (χ4v) is 3.98. The second-order valence-electron chi connectivity index (χ2n) is 5.08. The second kappa shape index (κ2) is 7.17. The Morgan fingerprint density at radius 1 is 1.25 bits per heavy atom. The van der Waals surface area contributed by atoms with Crippen molar-refractivity contribution in [2.45, 2.75) is 31.7 Å². The summed E-state index contributed by atoms with van der Waals surface area (Å²) in [6.45, 7) is 0.756. The van der Waals surface area contributed by atoms with Crippen LogP contribution in [0.2, 0.25) is 0 Å². The summed E-state index contributed by atoms with van der Waals surface area (Å²) in [6, 6.07) is 9.50. The van der Waals surface area contributed by atoms with Crippen LogP contribution < -0.4 is 4.72 Å². The number of nitrogens with zero attached hydrogens (tertiary/aromatic N) is 1. The van der Waals surface area contributed by atoms with Crippen molar-refractivity contribution in [1.29, 1.82) is 0 Å². The minimum Gasteiger partial charge on any atom is -0.395 e. The SMILES string of the molecule is O=S(=O)(NCCc1ccccc1)N1CCCCC1CO. The van der Waals surface area contributed by atoms with Crippen molar-refractivity contribution < 1.29 is 13.5 Å². The summed E-state index contributed by atoms with van der Waals surface area (Å²) in [4.78, 5) is 0. The average molecular weight is 298 g/mol. The standard InChI is InChI=1S/C14H22N2O3S/c17-12-14-8-4-5-11-16(14)20(18,19)15-10-9-13-6-2-1-3-7-13/h1-3,6-7,14-15,17H,4-5,8-12H2. The highest BCUT2D eigenvalue weighted by atomic mass is 32.2. The molecule has 1 aliphatic heterocycles. The third kappa shape index (κ3) is 4.02. The van der Waals surface area contributed by atoms with E-state index in [1.165, 1.54) is 4.31 Å². The Balaban J connectivity index is 1.90. The van der Waals surface area contributed by atoms with E-state index in [0.717, 1.165) is 24.8 Å². The molecule has 1 saturated heterocycles. The molecule has 1 atom stereocenters. The largest absolute Gasteiger partial charge is 0.395 e. The average Bonchev–Trinajstić information content (AvgIpc) is 2.48. The van der Waals surface area contributed by atoms with E-state index in [1.54, 1.807) is 0 Å². The highest BCUT2D eigenvalue weighted by Crippen LogP contribution is 2.19. The van der Waals surface area contributed by atoms with Crippen LogP contribution in [-0.4, -0.2) is 43.6 Å². The topological polar surface area (TPSA) is 69.6 Å². The molecule has 0 bridgehead atoms. The number of aliphatic hydroxyl groups is 1. The first-order valence-corrected chi connectivity index (χ1v) is 8.49. The molecule has 1 aromatic rings. The van der Waals surface area contributed by atoms with Crippen molar-refractivity contribution in [3.63, 3.8) is 0 Å². The molecule has 1 aromatic carbocycles. The molecule has 1 unspecified atom stereocenters. The van der Waals surface area contributed by atoms with Crippen LogP contribution in [0, 0.1) is 0 Å². The molecular weight excluding hydrogens is 276 g/mol. The van der Waals surface area contributed by atoms with Crippen LogP contribution in [0.5, 0.6) is 0 Å². The molecule has 1 heterocycles. The van der Waals surface area contributed by atoms with Crippen LogP contribution in [0.4, 0.5) is 0 Å². The molecule has 2 rings (SSSR count). The highest BCUT2D eigenvalue weighted by molar-refractivity contribution is 7.87. The maximum absolute atomic E-state index is 12.2. The molecule has 5 nitrogen and oxygen atoms in total. The molecule has 1 fully saturated rings. The normalized spacial score (nSPS) is 20.9. The van der Waals surface area contributed by atoms with Gasteiger partial charge >= 0.3 is 0 Å². The molecule has 6 heteroatoms. The minimum absolute atomic E-state index is 0.112. The first-order chi connectivity index (χ1) is 9.63. The summed E-state index contributed by atoms with van der Waals surface area (Å²) >= 11 is 0. The number of piperidine rings is 1. The van der Waals surface area contributed by atoms with Crippen LogP contribution in [0.1, 0.15) is 24.8 Å². The monoisotopic (exact) mass is 298 g/mol. The van der Waals surface area contributed by atoms with E-state index in [1.807, 2.05) is 30.3 Å². The molecule has 0 spiro atoms. The zero-order chi connectivity index (χ0) is 14.4. The lowest BCUT2D eigenvalue weighted by Crippen LogP contribution is -2.50. The second-order valence-corrected chi connectivity index (χ2v) is 6.79. The predicted octanol–water partition coefficient (Wildman–Crippen LogP) is 0.910. The molecule has 2 N–H and O–H groups in total. The van der Waals surface area contributed by atoms with Gasteiger partial charge in [0, 0.05) is 19.1 Å². The van der Waals surface area contributed by atoms with Crippen molar-refractivity contribution in [2.24, 2.45) is 0 Å². The summed E-state index contributed by atoms with van der Waals surface area (Å²) in [7, 11) is -3.49. The molecule has 1 aliphatic rings. The Morgan fingerprint density at radius 2 is 2.00 bits per heavy atom. The molecule has 0 saturated carbocycles. The first kappa shape index (κ1) is 15.4. The summed E-state index contributed by atoms with van der Waals surface area (Å²) in [5.41, 5.74) is 1.10. The number of aliphatic hydroxyl groups excluding tert-OH is 1. The lowest BCUT2D eigenvalue weighted by atomic mass is 10.1. The van der Waals surface area contributed by atoms with Crippen molar-refractivity contribution in [1.82, 2.24) is 9.03 Å². The van der Waals surface area contributed by atoms with Gasteiger partial charge in [-0.1, -0.05) is 36.8 Å². The molecule has 112 valence electrons. The van der Waals surface area contributed by atoms with Crippen LogP contribution in [0.15, 0.2) is 30.3 Å². The number of nitrogens with one attached hydrogen (secondary N) is 1. The van der Waals surface area contributed by atoms with Crippen molar-refractivity contribution in [3.05, 3.63) is 35.9 Å². The van der Waals surface area contributed by atoms with Gasteiger partial charge in [-0.05, 0) is 24.8 Å². The van der Waals surface area contributed by atoms with Gasteiger partial charge in [0.25, 0.3) is 10.2 Å². The molecule has 20 heavy (non-hydrogen) atoms. The molecule has 0 amide bonds. The molecule has 0 aromatic heterocycles. The Hall–Kier alpha value is -0.950. The van der Waals surface area contributed by atoms with Gasteiger partial charge in [-0.2, -0.15) is 12.7 Å². The third-order valence-electron chi connectivity index (χ3n) is 3.63. The van der Waals surface area contributed by atoms with Crippen LogP contribution >= 0.6 is 0 Å². The van der Waals surface area contributed by atoms with Crippen molar-refractivity contribution >= 4 is 10.2 Å². The maximum atomic E-state index is 12.2. The lowest BCUT2D eigenvalue weighted by Gasteiger charge is -2.33. The Morgan fingerprint density at radius 3 is 2.70 bits per heavy atom. The zero-order valence-electron chi connectivity index (χ0n) is 11.5. The zero-order valence-corrected chi connectivity index (χ0v) is 12.3. The number of hydrogen-bond acceptors (Lipinski definition) is 3. The number of hydrogen-bond donors (Lipinski definition) is 2. The van der Waals surface area contributed by atoms with Gasteiger partial charge in [-0.3, -0.25) is 0 Å². The van der Waals surface area contributed by atoms with Gasteiger partial charge in [0.15, 0.2) is 0 Å². The van der Waals surface area contributed by atoms with Gasteiger partial charge in [0.2, 0.25) is 0 Å². The van der Waals surface area contributed by atoms with E-state index in [-0.39, 0.29) is 12.6 Å². The van der Waals surface area contributed by atoms with E-state index >= 15 is 0 Å². The first-order valence-electron chi connectivity index (χ1n) is 7.04. The van der Waals surface area contributed by atoms with Gasteiger partial charge in [-0.25, -0.2) is 4.72 Å². The Labute approximate surface area is 120 Å².